The van der Waals surface area contributed by atoms with E-state index in [-0.39, 0.29) is 16.7 Å². The molecule has 4 heteroatoms. The molecule has 2 atom stereocenters. The lowest BCUT2D eigenvalue weighted by Crippen LogP contribution is -2.34. The SMILES string of the molecule is COCC(Cl)CNC(=O)CC(C)C(C)(C)C. The van der Waals surface area contributed by atoms with E-state index < -0.39 is 0 Å². The molecule has 0 saturated heterocycles. The van der Waals surface area contributed by atoms with Gasteiger partial charge in [-0.3, -0.25) is 4.79 Å². The number of amides is 1. The third-order valence-electron chi connectivity index (χ3n) is 2.84. The maximum absolute atomic E-state index is 11.6. The van der Waals surface area contributed by atoms with Crippen LogP contribution in [0.4, 0.5) is 0 Å². The number of rotatable bonds is 6. The van der Waals surface area contributed by atoms with Crippen molar-refractivity contribution in [3.63, 3.8) is 0 Å². The summed E-state index contributed by atoms with van der Waals surface area (Å²) in [6, 6.07) is 0. The minimum atomic E-state index is -0.154. The van der Waals surface area contributed by atoms with Gasteiger partial charge in [0.2, 0.25) is 5.91 Å². The van der Waals surface area contributed by atoms with E-state index in [1.807, 2.05) is 0 Å². The predicted octanol–water partition coefficient (Wildman–Crippen LogP) is 2.43. The average Bonchev–Trinajstić information content (AvgIpc) is 2.13. The fourth-order valence-corrected chi connectivity index (χ4v) is 1.32. The monoisotopic (exact) mass is 249 g/mol. The summed E-state index contributed by atoms with van der Waals surface area (Å²) in [6.07, 6.45) is 0.542. The normalized spacial score (nSPS) is 15.6. The van der Waals surface area contributed by atoms with Gasteiger partial charge in [-0.05, 0) is 11.3 Å². The highest BCUT2D eigenvalue weighted by molar-refractivity contribution is 6.21. The molecule has 0 radical (unpaired) electrons. The van der Waals surface area contributed by atoms with Crippen molar-refractivity contribution in [2.45, 2.75) is 39.5 Å². The number of halogens is 1. The molecule has 3 nitrogen and oxygen atoms in total. The van der Waals surface area contributed by atoms with Crippen LogP contribution in [0.5, 0.6) is 0 Å². The Kier molecular flexibility index (Phi) is 7.00. The number of nitrogens with one attached hydrogen (secondary N) is 1. The minimum absolute atomic E-state index is 0.0594. The molecule has 0 aliphatic rings. The molecule has 2 unspecified atom stereocenters. The summed E-state index contributed by atoms with van der Waals surface area (Å²) in [5, 5.41) is 2.67. The molecule has 0 saturated carbocycles. The first-order valence-electron chi connectivity index (χ1n) is 5.67. The summed E-state index contributed by atoms with van der Waals surface area (Å²) in [5.41, 5.74) is 0.157. The largest absolute Gasteiger partial charge is 0.383 e. The van der Waals surface area contributed by atoms with Gasteiger partial charge in [-0.15, -0.1) is 11.6 Å². The third kappa shape index (κ3) is 7.07. The number of carbonyl (C=O) groups excluding carboxylic acids is 1. The first kappa shape index (κ1) is 15.7. The van der Waals surface area contributed by atoms with E-state index >= 15 is 0 Å². The molecule has 0 bridgehead atoms. The van der Waals surface area contributed by atoms with E-state index in [1.165, 1.54) is 0 Å². The van der Waals surface area contributed by atoms with Crippen molar-refractivity contribution in [3.8, 4) is 0 Å². The van der Waals surface area contributed by atoms with Crippen molar-refractivity contribution in [2.75, 3.05) is 20.3 Å². The van der Waals surface area contributed by atoms with Gasteiger partial charge in [-0.25, -0.2) is 0 Å². The van der Waals surface area contributed by atoms with Gasteiger partial charge in [0.05, 0.1) is 12.0 Å². The van der Waals surface area contributed by atoms with Gasteiger partial charge in [0.25, 0.3) is 0 Å². The Balaban J connectivity index is 3.83. The van der Waals surface area contributed by atoms with Crippen LogP contribution in [0.2, 0.25) is 0 Å². The van der Waals surface area contributed by atoms with Crippen molar-refractivity contribution in [1.29, 1.82) is 0 Å². The molecule has 16 heavy (non-hydrogen) atoms. The Labute approximate surface area is 104 Å². The molecule has 0 aromatic rings. The highest BCUT2D eigenvalue weighted by atomic mass is 35.5. The molecule has 0 aromatic carbocycles. The molecule has 0 rings (SSSR count). The lowest BCUT2D eigenvalue weighted by molar-refractivity contribution is -0.122. The van der Waals surface area contributed by atoms with E-state index in [1.54, 1.807) is 7.11 Å². The maximum atomic E-state index is 11.6. The number of alkyl halides is 1. The van der Waals surface area contributed by atoms with Gasteiger partial charge >= 0.3 is 0 Å². The van der Waals surface area contributed by atoms with Gasteiger partial charge in [0, 0.05) is 20.1 Å². The van der Waals surface area contributed by atoms with E-state index in [0.29, 0.717) is 25.5 Å². The number of hydrogen-bond donors (Lipinski definition) is 1. The Morgan fingerprint density at radius 2 is 2.00 bits per heavy atom. The molecule has 1 amide bonds. The Bertz CT molecular complexity index is 214. The van der Waals surface area contributed by atoms with Gasteiger partial charge in [-0.2, -0.15) is 0 Å². The van der Waals surface area contributed by atoms with Crippen LogP contribution in [0.1, 0.15) is 34.1 Å². The molecule has 0 spiro atoms. The van der Waals surface area contributed by atoms with Crippen molar-refractivity contribution < 1.29 is 9.53 Å². The summed E-state index contributed by atoms with van der Waals surface area (Å²) in [7, 11) is 1.60. The summed E-state index contributed by atoms with van der Waals surface area (Å²) >= 11 is 5.91. The summed E-state index contributed by atoms with van der Waals surface area (Å²) in [4.78, 5) is 11.6. The second-order valence-electron chi connectivity index (χ2n) is 5.33. The average molecular weight is 250 g/mol. The first-order valence-corrected chi connectivity index (χ1v) is 6.10. The van der Waals surface area contributed by atoms with Crippen molar-refractivity contribution in [3.05, 3.63) is 0 Å². The molecule has 96 valence electrons. The maximum Gasteiger partial charge on any atom is 0.220 e. The number of methoxy groups -OCH3 is 1. The lowest BCUT2D eigenvalue weighted by Gasteiger charge is -2.26. The van der Waals surface area contributed by atoms with E-state index in [2.05, 4.69) is 33.0 Å². The Hall–Kier alpha value is -0.280. The third-order valence-corrected chi connectivity index (χ3v) is 3.12. The molecule has 0 aliphatic carbocycles. The summed E-state index contributed by atoms with van der Waals surface area (Å²) in [5.74, 6) is 0.410. The van der Waals surface area contributed by atoms with E-state index in [4.69, 9.17) is 16.3 Å². The zero-order valence-corrected chi connectivity index (χ0v) is 11.7. The van der Waals surface area contributed by atoms with E-state index in [0.717, 1.165) is 0 Å². The van der Waals surface area contributed by atoms with Gasteiger partial charge in [-0.1, -0.05) is 27.7 Å². The van der Waals surface area contributed by atoms with Crippen LogP contribution < -0.4 is 5.32 Å². The van der Waals surface area contributed by atoms with Crippen LogP contribution >= 0.6 is 11.6 Å². The van der Waals surface area contributed by atoms with Gasteiger partial charge in [0.15, 0.2) is 0 Å². The number of hydrogen-bond acceptors (Lipinski definition) is 2. The standard InChI is InChI=1S/C12H24ClNO2/c1-9(12(2,3)4)6-11(15)14-7-10(13)8-16-5/h9-10H,6-8H2,1-5H3,(H,14,15). The highest BCUT2D eigenvalue weighted by Gasteiger charge is 2.22. The minimum Gasteiger partial charge on any atom is -0.383 e. The fourth-order valence-electron chi connectivity index (χ4n) is 1.12. The summed E-state index contributed by atoms with van der Waals surface area (Å²) < 4.78 is 4.89. The molecule has 0 fully saturated rings. The molecular formula is C12H24ClNO2. The number of ether oxygens (including phenoxy) is 1. The fraction of sp³-hybridized carbons (Fsp3) is 0.917. The van der Waals surface area contributed by atoms with Crippen LogP contribution in [-0.4, -0.2) is 31.5 Å². The van der Waals surface area contributed by atoms with Crippen molar-refractivity contribution in [2.24, 2.45) is 11.3 Å². The second-order valence-corrected chi connectivity index (χ2v) is 5.95. The lowest BCUT2D eigenvalue weighted by atomic mass is 9.80. The Morgan fingerprint density at radius 3 is 2.44 bits per heavy atom. The second kappa shape index (κ2) is 7.13. The topological polar surface area (TPSA) is 38.3 Å². The zero-order chi connectivity index (χ0) is 12.8. The first-order chi connectivity index (χ1) is 7.27. The van der Waals surface area contributed by atoms with Gasteiger partial charge < -0.3 is 10.1 Å². The van der Waals surface area contributed by atoms with Crippen LogP contribution in [0, 0.1) is 11.3 Å². The van der Waals surface area contributed by atoms with Crippen LogP contribution in [0.3, 0.4) is 0 Å². The smallest absolute Gasteiger partial charge is 0.220 e. The number of carbonyl (C=O) groups is 1. The molecule has 0 aromatic heterocycles. The van der Waals surface area contributed by atoms with Gasteiger partial charge in [0.1, 0.15) is 0 Å². The van der Waals surface area contributed by atoms with Crippen LogP contribution in [0.15, 0.2) is 0 Å². The van der Waals surface area contributed by atoms with E-state index in [9.17, 15) is 4.79 Å². The quantitative estimate of drug-likeness (QED) is 0.735. The Morgan fingerprint density at radius 1 is 1.44 bits per heavy atom. The molecule has 0 aliphatic heterocycles. The molecule has 0 heterocycles. The highest BCUT2D eigenvalue weighted by Crippen LogP contribution is 2.27. The summed E-state index contributed by atoms with van der Waals surface area (Å²) in [6.45, 7) is 9.43. The predicted molar refractivity (Wildman–Crippen MR) is 67.8 cm³/mol. The van der Waals surface area contributed by atoms with Crippen molar-refractivity contribution in [1.82, 2.24) is 5.32 Å². The molecule has 1 N–H and O–H groups in total. The van der Waals surface area contributed by atoms with Crippen LogP contribution in [0.25, 0.3) is 0 Å². The molecular weight excluding hydrogens is 226 g/mol. The van der Waals surface area contributed by atoms with Crippen LogP contribution in [-0.2, 0) is 9.53 Å². The zero-order valence-electron chi connectivity index (χ0n) is 11.0. The van der Waals surface area contributed by atoms with Crippen molar-refractivity contribution >= 4 is 17.5 Å².